The Morgan fingerprint density at radius 2 is 1.68 bits per heavy atom. The molecule has 0 aliphatic carbocycles. The number of halogens is 6. The maximum absolute atomic E-state index is 14.3. The van der Waals surface area contributed by atoms with E-state index in [1.807, 2.05) is 0 Å². The summed E-state index contributed by atoms with van der Waals surface area (Å²) in [5.74, 6) is -2.05. The maximum atomic E-state index is 14.3. The Morgan fingerprint density at radius 1 is 1.16 bits per heavy atom. The van der Waals surface area contributed by atoms with Gasteiger partial charge in [-0.3, -0.25) is 0 Å². The van der Waals surface area contributed by atoms with E-state index < -0.39 is 51.6 Å². The number of alkyl halides is 3. The molecule has 0 amide bonds. The molecular formula is C15H19BrF5NO2S. The van der Waals surface area contributed by atoms with Gasteiger partial charge in [-0.1, -0.05) is 0 Å². The van der Waals surface area contributed by atoms with Crippen molar-refractivity contribution in [2.45, 2.75) is 56.7 Å². The van der Waals surface area contributed by atoms with Crippen LogP contribution in [0.25, 0.3) is 0 Å². The molecule has 3 atom stereocenters. The molecule has 2 N–H and O–H groups in total. The van der Waals surface area contributed by atoms with E-state index in [2.05, 4.69) is 20.7 Å². The molecule has 1 unspecified atom stereocenters. The van der Waals surface area contributed by atoms with Gasteiger partial charge in [0.1, 0.15) is 11.6 Å². The van der Waals surface area contributed by atoms with Crippen LogP contribution in [0.4, 0.5) is 22.0 Å². The van der Waals surface area contributed by atoms with Crippen LogP contribution in [0.5, 0.6) is 0 Å². The van der Waals surface area contributed by atoms with Crippen LogP contribution >= 0.6 is 15.9 Å². The van der Waals surface area contributed by atoms with Gasteiger partial charge in [0, 0.05) is 18.1 Å². The number of nitrogens with one attached hydrogen (secondary N) is 1. The van der Waals surface area contributed by atoms with Crippen LogP contribution in [-0.4, -0.2) is 26.3 Å². The van der Waals surface area contributed by atoms with Crippen molar-refractivity contribution in [3.05, 3.63) is 33.8 Å². The Bertz CT molecular complexity index is 663. The van der Waals surface area contributed by atoms with Gasteiger partial charge >= 0.3 is 6.18 Å². The molecule has 0 aromatic heterocycles. The first-order valence-corrected chi connectivity index (χ1v) is 9.12. The van der Waals surface area contributed by atoms with Crippen LogP contribution < -0.4 is 4.72 Å². The predicted molar refractivity (Wildman–Crippen MR) is 89.1 cm³/mol. The summed E-state index contributed by atoms with van der Waals surface area (Å²) in [4.78, 5) is 0. The average molecular weight is 452 g/mol. The largest absolute Gasteiger partial charge is 0.414 e. The molecule has 0 bridgehead atoms. The molecule has 3 nitrogen and oxygen atoms in total. The summed E-state index contributed by atoms with van der Waals surface area (Å²) in [7, 11) is -1.87. The van der Waals surface area contributed by atoms with Crippen LogP contribution in [0.1, 0.15) is 39.7 Å². The SMILES string of the molecule is CC(C)(C)S(=O)N[C@@](C)(C[C@@H](O)C(F)(F)F)c1cc(Br)c(F)cc1F. The molecule has 1 rings (SSSR count). The van der Waals surface area contributed by atoms with E-state index >= 15 is 0 Å². The van der Waals surface area contributed by atoms with Gasteiger partial charge in [-0.25, -0.2) is 17.7 Å². The van der Waals surface area contributed by atoms with Crippen LogP contribution in [0, 0.1) is 11.6 Å². The smallest absolute Gasteiger partial charge is 0.384 e. The van der Waals surface area contributed by atoms with Crippen molar-refractivity contribution in [2.24, 2.45) is 0 Å². The highest BCUT2D eigenvalue weighted by atomic mass is 79.9. The molecule has 0 aliphatic rings. The summed E-state index contributed by atoms with van der Waals surface area (Å²) < 4.78 is 79.9. The second-order valence-electron chi connectivity index (χ2n) is 6.82. The Morgan fingerprint density at radius 3 is 2.12 bits per heavy atom. The summed E-state index contributed by atoms with van der Waals surface area (Å²) in [6.07, 6.45) is -8.74. The molecule has 0 fully saturated rings. The van der Waals surface area contributed by atoms with Gasteiger partial charge in [0.15, 0.2) is 6.10 Å². The van der Waals surface area contributed by atoms with E-state index in [4.69, 9.17) is 0 Å². The Labute approximate surface area is 153 Å². The zero-order valence-corrected chi connectivity index (χ0v) is 16.4. The molecule has 0 saturated heterocycles. The van der Waals surface area contributed by atoms with Gasteiger partial charge in [0.2, 0.25) is 0 Å². The minimum absolute atomic E-state index is 0.167. The summed E-state index contributed by atoms with van der Waals surface area (Å²) >= 11 is 2.85. The first kappa shape index (κ1) is 22.5. The topological polar surface area (TPSA) is 49.3 Å². The molecule has 1 aromatic carbocycles. The first-order chi connectivity index (χ1) is 11.1. The normalized spacial score (nSPS) is 17.9. The predicted octanol–water partition coefficient (Wildman–Crippen LogP) is 4.31. The van der Waals surface area contributed by atoms with Crippen molar-refractivity contribution in [3.8, 4) is 0 Å². The van der Waals surface area contributed by atoms with Crippen LogP contribution in [-0.2, 0) is 16.5 Å². The molecule has 25 heavy (non-hydrogen) atoms. The minimum Gasteiger partial charge on any atom is -0.384 e. The number of aliphatic hydroxyl groups excluding tert-OH is 1. The molecule has 1 aromatic rings. The van der Waals surface area contributed by atoms with Crippen molar-refractivity contribution in [3.63, 3.8) is 0 Å². The van der Waals surface area contributed by atoms with Crippen molar-refractivity contribution in [1.82, 2.24) is 4.72 Å². The number of aliphatic hydroxyl groups is 1. The number of hydrogen-bond acceptors (Lipinski definition) is 2. The zero-order valence-electron chi connectivity index (χ0n) is 14.0. The van der Waals surface area contributed by atoms with Crippen molar-refractivity contribution < 1.29 is 31.3 Å². The van der Waals surface area contributed by atoms with E-state index in [9.17, 15) is 31.3 Å². The highest BCUT2D eigenvalue weighted by Gasteiger charge is 2.45. The molecular weight excluding hydrogens is 433 g/mol. The lowest BCUT2D eigenvalue weighted by Gasteiger charge is -2.36. The van der Waals surface area contributed by atoms with Crippen molar-refractivity contribution >= 4 is 26.9 Å². The highest BCUT2D eigenvalue weighted by molar-refractivity contribution is 9.10. The highest BCUT2D eigenvalue weighted by Crippen LogP contribution is 2.36. The summed E-state index contributed by atoms with van der Waals surface area (Å²) in [6, 6.07) is 1.49. The number of rotatable bonds is 5. The standard InChI is InChI=1S/C15H19BrF5NO2S/c1-13(2,3)25(24)22-14(4,7-12(23)15(19,20)21)8-5-9(16)11(18)6-10(8)17/h5-6,12,22-23H,7H2,1-4H3/t12-,14+,25?/m1/s1. The fraction of sp³-hybridized carbons (Fsp3) is 0.600. The average Bonchev–Trinajstić information content (AvgIpc) is 2.40. The lowest BCUT2D eigenvalue weighted by atomic mass is 9.86. The molecule has 0 aliphatic heterocycles. The second-order valence-corrected chi connectivity index (χ2v) is 9.64. The van der Waals surface area contributed by atoms with Gasteiger partial charge in [-0.05, 0) is 49.7 Å². The third kappa shape index (κ3) is 5.70. The Kier molecular flexibility index (Phi) is 6.81. The van der Waals surface area contributed by atoms with Crippen LogP contribution in [0.2, 0.25) is 0 Å². The first-order valence-electron chi connectivity index (χ1n) is 7.17. The van der Waals surface area contributed by atoms with Crippen LogP contribution in [0.3, 0.4) is 0 Å². The monoisotopic (exact) mass is 451 g/mol. The lowest BCUT2D eigenvalue weighted by molar-refractivity contribution is -0.209. The molecule has 0 spiro atoms. The number of benzene rings is 1. The molecule has 0 heterocycles. The van der Waals surface area contributed by atoms with Gasteiger partial charge in [0.25, 0.3) is 0 Å². The molecule has 0 saturated carbocycles. The molecule has 0 radical (unpaired) electrons. The second kappa shape index (κ2) is 7.58. The van der Waals surface area contributed by atoms with E-state index in [1.54, 1.807) is 20.8 Å². The zero-order chi connectivity index (χ0) is 19.8. The lowest BCUT2D eigenvalue weighted by Crippen LogP contribution is -2.50. The summed E-state index contributed by atoms with van der Waals surface area (Å²) in [5, 5.41) is 9.44. The third-order valence-electron chi connectivity index (χ3n) is 3.46. The minimum atomic E-state index is -4.94. The fourth-order valence-electron chi connectivity index (χ4n) is 2.01. The van der Waals surface area contributed by atoms with E-state index in [1.165, 1.54) is 6.92 Å². The number of hydrogen-bond donors (Lipinski definition) is 2. The third-order valence-corrected chi connectivity index (χ3v) is 5.81. The molecule has 10 heteroatoms. The fourth-order valence-corrected chi connectivity index (χ4v) is 3.26. The van der Waals surface area contributed by atoms with Crippen molar-refractivity contribution in [2.75, 3.05) is 0 Å². The summed E-state index contributed by atoms with van der Waals surface area (Å²) in [5.41, 5.74) is -2.21. The molecule has 144 valence electrons. The van der Waals surface area contributed by atoms with E-state index in [0.29, 0.717) is 6.07 Å². The van der Waals surface area contributed by atoms with Gasteiger partial charge in [-0.15, -0.1) is 0 Å². The van der Waals surface area contributed by atoms with Gasteiger partial charge in [0.05, 0.1) is 25.7 Å². The Hall–Kier alpha value is -0.580. The summed E-state index contributed by atoms with van der Waals surface area (Å²) in [6.45, 7) is 5.91. The quantitative estimate of drug-likeness (QED) is 0.517. The maximum Gasteiger partial charge on any atom is 0.414 e. The Balaban J connectivity index is 3.42. The van der Waals surface area contributed by atoms with Crippen molar-refractivity contribution in [1.29, 1.82) is 0 Å². The van der Waals surface area contributed by atoms with Gasteiger partial charge in [-0.2, -0.15) is 13.2 Å². The van der Waals surface area contributed by atoms with E-state index in [-0.39, 0.29) is 10.0 Å². The van der Waals surface area contributed by atoms with E-state index in [0.717, 1.165) is 6.07 Å². The van der Waals surface area contributed by atoms with Crippen LogP contribution in [0.15, 0.2) is 16.6 Å². The van der Waals surface area contributed by atoms with Gasteiger partial charge < -0.3 is 5.11 Å².